The van der Waals surface area contributed by atoms with Crippen LogP contribution in [0, 0.1) is 17.8 Å². The van der Waals surface area contributed by atoms with Gasteiger partial charge in [-0.3, -0.25) is 0 Å². The first-order chi connectivity index (χ1) is 9.02. The van der Waals surface area contributed by atoms with E-state index in [1.54, 1.807) is 0 Å². The Bertz CT molecular complexity index is 214. The molecule has 0 aliphatic rings. The summed E-state index contributed by atoms with van der Waals surface area (Å²) in [6.45, 7) is 15.9. The number of rotatable bonds is 12. The standard InChI is InChI=1S/C19H38/c1-7-13-17(5)14-11-9-10-12-15-19(8-2)18(6)16(3)4/h16,18-19H,5,7-15H2,1-4,6H3. The molecule has 0 spiro atoms. The molecule has 0 heterocycles. The normalized spacial score (nSPS) is 14.6. The Morgan fingerprint density at radius 3 is 2.05 bits per heavy atom. The average molecular weight is 267 g/mol. The molecule has 0 aromatic heterocycles. The third kappa shape index (κ3) is 9.30. The van der Waals surface area contributed by atoms with E-state index in [2.05, 4.69) is 41.2 Å². The van der Waals surface area contributed by atoms with E-state index in [0.29, 0.717) is 0 Å². The molecule has 0 amide bonds. The van der Waals surface area contributed by atoms with Gasteiger partial charge in [0.2, 0.25) is 0 Å². The SMILES string of the molecule is C=C(CCC)CCCCCCC(CC)C(C)C(C)C. The fourth-order valence-corrected chi connectivity index (χ4v) is 3.00. The average Bonchev–Trinajstić information content (AvgIpc) is 2.37. The summed E-state index contributed by atoms with van der Waals surface area (Å²) in [6, 6.07) is 0. The van der Waals surface area contributed by atoms with Crippen LogP contribution in [0.1, 0.15) is 92.4 Å². The second-order valence-corrected chi connectivity index (χ2v) is 6.72. The van der Waals surface area contributed by atoms with E-state index in [4.69, 9.17) is 0 Å². The molecule has 0 rings (SSSR count). The van der Waals surface area contributed by atoms with Gasteiger partial charge in [-0.1, -0.05) is 85.3 Å². The number of unbranched alkanes of at least 4 members (excludes halogenated alkanes) is 3. The van der Waals surface area contributed by atoms with Crippen LogP contribution >= 0.6 is 0 Å². The molecule has 0 radical (unpaired) electrons. The molecule has 114 valence electrons. The van der Waals surface area contributed by atoms with Crippen LogP contribution < -0.4 is 0 Å². The van der Waals surface area contributed by atoms with Crippen LogP contribution in [0.2, 0.25) is 0 Å². The quantitative estimate of drug-likeness (QED) is 0.263. The van der Waals surface area contributed by atoms with Crippen LogP contribution in [0.15, 0.2) is 12.2 Å². The Labute approximate surface area is 123 Å². The highest BCUT2D eigenvalue weighted by molar-refractivity contribution is 4.92. The highest BCUT2D eigenvalue weighted by Crippen LogP contribution is 2.28. The molecule has 0 fully saturated rings. The Kier molecular flexibility index (Phi) is 11.4. The summed E-state index contributed by atoms with van der Waals surface area (Å²) < 4.78 is 0. The summed E-state index contributed by atoms with van der Waals surface area (Å²) >= 11 is 0. The minimum atomic E-state index is 0.835. The molecule has 0 aromatic carbocycles. The Balaban J connectivity index is 3.59. The maximum absolute atomic E-state index is 4.15. The predicted octanol–water partition coefficient (Wildman–Crippen LogP) is 7.00. The van der Waals surface area contributed by atoms with Gasteiger partial charge < -0.3 is 0 Å². The molecule has 0 saturated heterocycles. The van der Waals surface area contributed by atoms with Crippen molar-refractivity contribution in [2.24, 2.45) is 17.8 Å². The zero-order valence-corrected chi connectivity index (χ0v) is 14.3. The molecule has 0 aliphatic heterocycles. The monoisotopic (exact) mass is 266 g/mol. The van der Waals surface area contributed by atoms with Crippen molar-refractivity contribution < 1.29 is 0 Å². The van der Waals surface area contributed by atoms with Gasteiger partial charge in [0, 0.05) is 0 Å². The minimum Gasteiger partial charge on any atom is -0.0999 e. The predicted molar refractivity (Wildman–Crippen MR) is 89.5 cm³/mol. The van der Waals surface area contributed by atoms with E-state index in [9.17, 15) is 0 Å². The summed E-state index contributed by atoms with van der Waals surface area (Å²) in [5.41, 5.74) is 1.46. The third-order valence-corrected chi connectivity index (χ3v) is 4.78. The minimum absolute atomic E-state index is 0.835. The van der Waals surface area contributed by atoms with E-state index in [1.807, 2.05) is 0 Å². The molecule has 0 nitrogen and oxygen atoms in total. The molecule has 0 N–H and O–H groups in total. The molecular formula is C19H38. The smallest absolute Gasteiger partial charge is 0.0323 e. The van der Waals surface area contributed by atoms with Crippen molar-refractivity contribution in [3.8, 4) is 0 Å². The van der Waals surface area contributed by atoms with Crippen molar-refractivity contribution in [2.75, 3.05) is 0 Å². The van der Waals surface area contributed by atoms with Crippen molar-refractivity contribution in [3.05, 3.63) is 12.2 Å². The van der Waals surface area contributed by atoms with Crippen LogP contribution in [-0.2, 0) is 0 Å². The van der Waals surface area contributed by atoms with Crippen LogP contribution in [0.5, 0.6) is 0 Å². The Morgan fingerprint density at radius 1 is 0.895 bits per heavy atom. The van der Waals surface area contributed by atoms with E-state index in [-0.39, 0.29) is 0 Å². The lowest BCUT2D eigenvalue weighted by molar-refractivity contribution is 0.248. The first kappa shape index (κ1) is 18.7. The molecular weight excluding hydrogens is 228 g/mol. The first-order valence-electron chi connectivity index (χ1n) is 8.69. The Hall–Kier alpha value is -0.260. The fraction of sp³-hybridized carbons (Fsp3) is 0.895. The zero-order chi connectivity index (χ0) is 14.7. The number of allylic oxidation sites excluding steroid dienone is 1. The summed E-state index contributed by atoms with van der Waals surface area (Å²) in [5, 5.41) is 0. The molecule has 0 bridgehead atoms. The van der Waals surface area contributed by atoms with Crippen LogP contribution in [0.25, 0.3) is 0 Å². The second kappa shape index (κ2) is 11.6. The van der Waals surface area contributed by atoms with Crippen LogP contribution in [-0.4, -0.2) is 0 Å². The van der Waals surface area contributed by atoms with Gasteiger partial charge in [-0.05, 0) is 37.0 Å². The van der Waals surface area contributed by atoms with Crippen molar-refractivity contribution >= 4 is 0 Å². The topological polar surface area (TPSA) is 0 Å². The summed E-state index contributed by atoms with van der Waals surface area (Å²) in [5.74, 6) is 2.66. The lowest BCUT2D eigenvalue weighted by atomic mass is 9.80. The summed E-state index contributed by atoms with van der Waals surface area (Å²) in [6.07, 6.45) is 12.1. The van der Waals surface area contributed by atoms with Crippen LogP contribution in [0.4, 0.5) is 0 Å². The first-order valence-corrected chi connectivity index (χ1v) is 8.69. The lowest BCUT2D eigenvalue weighted by Crippen LogP contribution is -2.16. The van der Waals surface area contributed by atoms with E-state index in [1.165, 1.54) is 63.4 Å². The highest BCUT2D eigenvalue weighted by atomic mass is 14.2. The van der Waals surface area contributed by atoms with E-state index in [0.717, 1.165) is 17.8 Å². The zero-order valence-electron chi connectivity index (χ0n) is 14.3. The molecule has 2 atom stereocenters. The van der Waals surface area contributed by atoms with Gasteiger partial charge in [0.25, 0.3) is 0 Å². The highest BCUT2D eigenvalue weighted by Gasteiger charge is 2.17. The van der Waals surface area contributed by atoms with Crippen molar-refractivity contribution in [1.29, 1.82) is 0 Å². The summed E-state index contributed by atoms with van der Waals surface area (Å²) in [7, 11) is 0. The van der Waals surface area contributed by atoms with Crippen LogP contribution in [0.3, 0.4) is 0 Å². The van der Waals surface area contributed by atoms with E-state index < -0.39 is 0 Å². The maximum Gasteiger partial charge on any atom is -0.0323 e. The largest absolute Gasteiger partial charge is 0.0999 e. The number of hydrogen-bond donors (Lipinski definition) is 0. The number of hydrogen-bond acceptors (Lipinski definition) is 0. The maximum atomic E-state index is 4.15. The van der Waals surface area contributed by atoms with Crippen molar-refractivity contribution in [3.63, 3.8) is 0 Å². The van der Waals surface area contributed by atoms with Gasteiger partial charge in [-0.2, -0.15) is 0 Å². The summed E-state index contributed by atoms with van der Waals surface area (Å²) in [4.78, 5) is 0. The van der Waals surface area contributed by atoms with Crippen molar-refractivity contribution in [2.45, 2.75) is 92.4 Å². The fourth-order valence-electron chi connectivity index (χ4n) is 3.00. The second-order valence-electron chi connectivity index (χ2n) is 6.72. The van der Waals surface area contributed by atoms with E-state index >= 15 is 0 Å². The molecule has 0 aliphatic carbocycles. The third-order valence-electron chi connectivity index (χ3n) is 4.78. The molecule has 0 saturated carbocycles. The molecule has 19 heavy (non-hydrogen) atoms. The Morgan fingerprint density at radius 2 is 1.53 bits per heavy atom. The molecule has 0 aromatic rings. The van der Waals surface area contributed by atoms with Crippen molar-refractivity contribution in [1.82, 2.24) is 0 Å². The lowest BCUT2D eigenvalue weighted by Gasteiger charge is -2.26. The molecule has 0 heteroatoms. The van der Waals surface area contributed by atoms with Gasteiger partial charge in [0.1, 0.15) is 0 Å². The van der Waals surface area contributed by atoms with Gasteiger partial charge in [-0.25, -0.2) is 0 Å². The van der Waals surface area contributed by atoms with Gasteiger partial charge in [-0.15, -0.1) is 0 Å². The van der Waals surface area contributed by atoms with Gasteiger partial charge >= 0.3 is 0 Å². The van der Waals surface area contributed by atoms with Gasteiger partial charge in [0.05, 0.1) is 0 Å². The molecule has 2 unspecified atom stereocenters. The van der Waals surface area contributed by atoms with Gasteiger partial charge in [0.15, 0.2) is 0 Å².